The Morgan fingerprint density at radius 1 is 1.25 bits per heavy atom. The molecule has 1 amide bonds. The number of amides is 1. The number of ether oxygens (including phenoxy) is 2. The number of rotatable bonds is 9. The van der Waals surface area contributed by atoms with Gasteiger partial charge in [0.2, 0.25) is 5.91 Å². The van der Waals surface area contributed by atoms with Gasteiger partial charge in [0.05, 0.1) is 25.9 Å². The normalized spacial score (nSPS) is 11.9. The number of carbonyl (C=O) groups excluding carboxylic acids is 1. The van der Waals surface area contributed by atoms with Crippen LogP contribution in [-0.2, 0) is 14.3 Å². The van der Waals surface area contributed by atoms with Crippen molar-refractivity contribution in [3.8, 4) is 0 Å². The maximum atomic E-state index is 10.9. The van der Waals surface area contributed by atoms with E-state index in [9.17, 15) is 9.90 Å². The van der Waals surface area contributed by atoms with Gasteiger partial charge in [-0.1, -0.05) is 0 Å². The topological polar surface area (TPSA) is 79.8 Å². The summed E-state index contributed by atoms with van der Waals surface area (Å²) >= 11 is 0. The number of aliphatic hydroxyl groups excluding tert-OH is 1. The van der Waals surface area contributed by atoms with E-state index >= 15 is 0 Å². The van der Waals surface area contributed by atoms with E-state index in [1.807, 2.05) is 12.1 Å². The van der Waals surface area contributed by atoms with Crippen LogP contribution in [0, 0.1) is 0 Å². The van der Waals surface area contributed by atoms with Crippen molar-refractivity contribution in [3.05, 3.63) is 24.3 Å². The molecule has 1 atom stereocenters. The van der Waals surface area contributed by atoms with Gasteiger partial charge in [-0.2, -0.15) is 0 Å². The van der Waals surface area contributed by atoms with E-state index in [0.717, 1.165) is 11.4 Å². The van der Waals surface area contributed by atoms with Gasteiger partial charge in [0.25, 0.3) is 0 Å². The fourth-order valence-electron chi connectivity index (χ4n) is 1.53. The minimum Gasteiger partial charge on any atom is -0.389 e. The molecule has 6 heteroatoms. The first kappa shape index (κ1) is 16.4. The van der Waals surface area contributed by atoms with Crippen LogP contribution in [0.3, 0.4) is 0 Å². The molecule has 0 saturated heterocycles. The summed E-state index contributed by atoms with van der Waals surface area (Å²) in [5.74, 6) is -0.102. The Balaban J connectivity index is 2.25. The maximum Gasteiger partial charge on any atom is 0.221 e. The molecule has 0 heterocycles. The minimum atomic E-state index is -0.582. The highest BCUT2D eigenvalue weighted by molar-refractivity contribution is 5.88. The van der Waals surface area contributed by atoms with E-state index < -0.39 is 6.10 Å². The summed E-state index contributed by atoms with van der Waals surface area (Å²) in [6.07, 6.45) is -0.582. The fraction of sp³-hybridized carbons (Fsp3) is 0.500. The first-order valence-electron chi connectivity index (χ1n) is 6.48. The van der Waals surface area contributed by atoms with Gasteiger partial charge in [-0.05, 0) is 24.3 Å². The predicted octanol–water partition coefficient (Wildman–Crippen LogP) is 1.08. The van der Waals surface area contributed by atoms with Crippen molar-refractivity contribution >= 4 is 17.3 Å². The van der Waals surface area contributed by atoms with Crippen LogP contribution in [0.15, 0.2) is 24.3 Å². The van der Waals surface area contributed by atoms with Crippen LogP contribution < -0.4 is 10.6 Å². The van der Waals surface area contributed by atoms with Crippen LogP contribution >= 0.6 is 0 Å². The molecule has 0 aliphatic carbocycles. The molecule has 3 N–H and O–H groups in total. The molecule has 1 aromatic rings. The Morgan fingerprint density at radius 3 is 2.50 bits per heavy atom. The molecule has 1 rings (SSSR count). The van der Waals surface area contributed by atoms with Gasteiger partial charge in [-0.15, -0.1) is 0 Å². The van der Waals surface area contributed by atoms with Gasteiger partial charge in [-0.3, -0.25) is 4.79 Å². The molecule has 0 fully saturated rings. The van der Waals surface area contributed by atoms with Crippen LogP contribution in [0.5, 0.6) is 0 Å². The summed E-state index contributed by atoms with van der Waals surface area (Å²) in [4.78, 5) is 10.9. The lowest BCUT2D eigenvalue weighted by molar-refractivity contribution is -0.114. The molecule has 0 saturated carbocycles. The second-order valence-electron chi connectivity index (χ2n) is 4.36. The first-order chi connectivity index (χ1) is 9.61. The first-order valence-corrected chi connectivity index (χ1v) is 6.48. The maximum absolute atomic E-state index is 10.9. The number of anilines is 2. The molecule has 0 aliphatic heterocycles. The second kappa shape index (κ2) is 9.30. The van der Waals surface area contributed by atoms with Crippen molar-refractivity contribution in [1.29, 1.82) is 0 Å². The third kappa shape index (κ3) is 7.08. The molecule has 0 aromatic heterocycles. The fourth-order valence-corrected chi connectivity index (χ4v) is 1.53. The van der Waals surface area contributed by atoms with Gasteiger partial charge in [0, 0.05) is 32.0 Å². The number of hydrogen-bond donors (Lipinski definition) is 3. The van der Waals surface area contributed by atoms with Gasteiger partial charge >= 0.3 is 0 Å². The highest BCUT2D eigenvalue weighted by Gasteiger charge is 2.04. The zero-order valence-electron chi connectivity index (χ0n) is 11.9. The molecule has 1 aromatic carbocycles. The third-order valence-corrected chi connectivity index (χ3v) is 2.49. The SMILES string of the molecule is COCCOCC(O)CNc1ccc(NC(C)=O)cc1. The van der Waals surface area contributed by atoms with Gasteiger partial charge < -0.3 is 25.2 Å². The van der Waals surface area contributed by atoms with E-state index in [1.165, 1.54) is 6.92 Å². The van der Waals surface area contributed by atoms with E-state index in [4.69, 9.17) is 9.47 Å². The average Bonchev–Trinajstić information content (AvgIpc) is 2.42. The zero-order chi connectivity index (χ0) is 14.8. The number of hydrogen-bond acceptors (Lipinski definition) is 5. The molecule has 20 heavy (non-hydrogen) atoms. The molecular formula is C14H22N2O4. The number of aliphatic hydroxyl groups is 1. The number of carbonyl (C=O) groups is 1. The number of benzene rings is 1. The zero-order valence-corrected chi connectivity index (χ0v) is 11.9. The summed E-state index contributed by atoms with van der Waals surface area (Å²) in [5, 5.41) is 15.5. The molecular weight excluding hydrogens is 260 g/mol. The lowest BCUT2D eigenvalue weighted by atomic mass is 10.2. The van der Waals surface area contributed by atoms with E-state index in [0.29, 0.717) is 19.8 Å². The highest BCUT2D eigenvalue weighted by atomic mass is 16.5. The lowest BCUT2D eigenvalue weighted by Crippen LogP contribution is -2.25. The van der Waals surface area contributed by atoms with Crippen LogP contribution in [0.4, 0.5) is 11.4 Å². The summed E-state index contributed by atoms with van der Waals surface area (Å²) in [6.45, 7) is 3.11. The molecule has 112 valence electrons. The largest absolute Gasteiger partial charge is 0.389 e. The predicted molar refractivity (Wildman–Crippen MR) is 77.9 cm³/mol. The molecule has 0 bridgehead atoms. The summed E-state index contributed by atoms with van der Waals surface area (Å²) in [7, 11) is 1.60. The Labute approximate surface area is 119 Å². The molecule has 0 aliphatic rings. The summed E-state index contributed by atoms with van der Waals surface area (Å²) in [5.41, 5.74) is 1.61. The number of nitrogens with one attached hydrogen (secondary N) is 2. The van der Waals surface area contributed by atoms with Crippen molar-refractivity contribution in [1.82, 2.24) is 0 Å². The van der Waals surface area contributed by atoms with Gasteiger partial charge in [0.15, 0.2) is 0 Å². The third-order valence-electron chi connectivity index (χ3n) is 2.49. The molecule has 0 radical (unpaired) electrons. The Kier molecular flexibility index (Phi) is 7.64. The van der Waals surface area contributed by atoms with Crippen molar-refractivity contribution in [2.24, 2.45) is 0 Å². The van der Waals surface area contributed by atoms with Gasteiger partial charge in [0.1, 0.15) is 0 Å². The van der Waals surface area contributed by atoms with E-state index in [2.05, 4.69) is 10.6 Å². The van der Waals surface area contributed by atoms with Crippen LogP contribution in [0.25, 0.3) is 0 Å². The monoisotopic (exact) mass is 282 g/mol. The Bertz CT molecular complexity index is 395. The van der Waals surface area contributed by atoms with E-state index in [1.54, 1.807) is 19.2 Å². The summed E-state index contributed by atoms with van der Waals surface area (Å²) in [6, 6.07) is 7.27. The average molecular weight is 282 g/mol. The Morgan fingerprint density at radius 2 is 1.90 bits per heavy atom. The smallest absolute Gasteiger partial charge is 0.221 e. The Hall–Kier alpha value is -1.63. The van der Waals surface area contributed by atoms with Crippen molar-refractivity contribution in [3.63, 3.8) is 0 Å². The lowest BCUT2D eigenvalue weighted by Gasteiger charge is -2.13. The quantitative estimate of drug-likeness (QED) is 0.591. The highest BCUT2D eigenvalue weighted by Crippen LogP contribution is 2.13. The standard InChI is InChI=1S/C14H22N2O4/c1-11(17)16-13-5-3-12(4-6-13)15-9-14(18)10-20-8-7-19-2/h3-6,14-15,18H,7-10H2,1-2H3,(H,16,17). The van der Waals surface area contributed by atoms with Crippen LogP contribution in [-0.4, -0.2) is 50.6 Å². The van der Waals surface area contributed by atoms with Crippen LogP contribution in [0.2, 0.25) is 0 Å². The van der Waals surface area contributed by atoms with Gasteiger partial charge in [-0.25, -0.2) is 0 Å². The van der Waals surface area contributed by atoms with Crippen molar-refractivity contribution in [2.45, 2.75) is 13.0 Å². The second-order valence-corrected chi connectivity index (χ2v) is 4.36. The summed E-state index contributed by atoms with van der Waals surface area (Å²) < 4.78 is 10.1. The number of methoxy groups -OCH3 is 1. The minimum absolute atomic E-state index is 0.102. The molecule has 1 unspecified atom stereocenters. The van der Waals surface area contributed by atoms with Crippen molar-refractivity contribution < 1.29 is 19.4 Å². The van der Waals surface area contributed by atoms with Crippen molar-refractivity contribution in [2.75, 3.05) is 44.1 Å². The molecule has 6 nitrogen and oxygen atoms in total. The van der Waals surface area contributed by atoms with E-state index in [-0.39, 0.29) is 12.5 Å². The molecule has 0 spiro atoms. The van der Waals surface area contributed by atoms with Crippen LogP contribution in [0.1, 0.15) is 6.92 Å².